The molecule has 2 N–H and O–H groups in total. The van der Waals surface area contributed by atoms with Crippen LogP contribution in [0.25, 0.3) is 10.1 Å². The number of hydrogen-bond donors (Lipinski definition) is 1. The molecule has 0 unspecified atom stereocenters. The number of hydrogen-bond acceptors (Lipinski definition) is 3. The van der Waals surface area contributed by atoms with Crippen molar-refractivity contribution in [2.45, 2.75) is 19.5 Å². The highest BCUT2D eigenvalue weighted by molar-refractivity contribution is 7.17. The van der Waals surface area contributed by atoms with E-state index in [1.54, 1.807) is 30.2 Å². The number of likely N-dealkylation sites (N-methyl/N-ethyl adjacent to an activating group) is 1. The Hall–Kier alpha value is -1.10. The highest BCUT2D eigenvalue weighted by atomic mass is 35.5. The predicted octanol–water partition coefficient (Wildman–Crippen LogP) is 2.63. The van der Waals surface area contributed by atoms with Crippen molar-refractivity contribution in [3.05, 3.63) is 35.2 Å². The van der Waals surface area contributed by atoms with Crippen LogP contribution in [-0.2, 0) is 11.3 Å². The van der Waals surface area contributed by atoms with Crippen LogP contribution in [0.5, 0.6) is 0 Å². The van der Waals surface area contributed by atoms with Gasteiger partial charge in [-0.25, -0.2) is 0 Å². The maximum absolute atomic E-state index is 11.7. The normalized spacial score (nSPS) is 11.9. The lowest BCUT2D eigenvalue weighted by Crippen LogP contribution is -2.39. The fraction of sp³-hybridized carbons (Fsp3) is 0.308. The molecule has 1 heterocycles. The molecule has 98 valence electrons. The molecule has 0 radical (unpaired) electrons. The second kappa shape index (κ2) is 6.18. The molecule has 1 atom stereocenters. The Kier molecular flexibility index (Phi) is 5.14. The van der Waals surface area contributed by atoms with Crippen molar-refractivity contribution >= 4 is 39.7 Å². The Morgan fingerprint density at radius 3 is 2.78 bits per heavy atom. The molecular weight excluding hydrogens is 268 g/mol. The van der Waals surface area contributed by atoms with Gasteiger partial charge in [0.05, 0.1) is 6.04 Å². The van der Waals surface area contributed by atoms with Crippen molar-refractivity contribution in [1.82, 2.24) is 4.90 Å². The molecule has 0 aliphatic heterocycles. The highest BCUT2D eigenvalue weighted by Gasteiger charge is 2.14. The topological polar surface area (TPSA) is 46.3 Å². The lowest BCUT2D eigenvalue weighted by Gasteiger charge is -2.18. The minimum absolute atomic E-state index is 0. The number of benzene rings is 1. The molecule has 0 fully saturated rings. The number of carbonyl (C=O) groups excluding carboxylic acids is 1. The summed E-state index contributed by atoms with van der Waals surface area (Å²) in [7, 11) is 1.79. The van der Waals surface area contributed by atoms with Crippen molar-refractivity contribution in [1.29, 1.82) is 0 Å². The van der Waals surface area contributed by atoms with Gasteiger partial charge in [0.1, 0.15) is 0 Å². The van der Waals surface area contributed by atoms with Gasteiger partial charge in [-0.1, -0.05) is 18.2 Å². The van der Waals surface area contributed by atoms with E-state index in [1.165, 1.54) is 15.6 Å². The zero-order chi connectivity index (χ0) is 12.4. The van der Waals surface area contributed by atoms with Crippen molar-refractivity contribution in [3.63, 3.8) is 0 Å². The van der Waals surface area contributed by atoms with Gasteiger partial charge in [-0.3, -0.25) is 4.79 Å². The molecule has 1 amide bonds. The quantitative estimate of drug-likeness (QED) is 0.942. The molecule has 18 heavy (non-hydrogen) atoms. The third-order valence-corrected chi connectivity index (χ3v) is 3.75. The first-order valence-electron chi connectivity index (χ1n) is 5.55. The maximum Gasteiger partial charge on any atom is 0.239 e. The fourth-order valence-corrected chi connectivity index (χ4v) is 2.79. The van der Waals surface area contributed by atoms with Crippen LogP contribution in [-0.4, -0.2) is 23.9 Å². The Morgan fingerprint density at radius 2 is 2.11 bits per heavy atom. The minimum Gasteiger partial charge on any atom is -0.340 e. The molecular formula is C13H17ClN2OS. The predicted molar refractivity (Wildman–Crippen MR) is 79.2 cm³/mol. The number of rotatable bonds is 3. The van der Waals surface area contributed by atoms with E-state index in [9.17, 15) is 4.79 Å². The summed E-state index contributed by atoms with van der Waals surface area (Å²) in [5, 5.41) is 3.33. The average molecular weight is 285 g/mol. The summed E-state index contributed by atoms with van der Waals surface area (Å²) in [6.45, 7) is 2.33. The third-order valence-electron chi connectivity index (χ3n) is 2.73. The van der Waals surface area contributed by atoms with E-state index in [0.29, 0.717) is 6.54 Å². The van der Waals surface area contributed by atoms with E-state index in [-0.39, 0.29) is 18.3 Å². The van der Waals surface area contributed by atoms with E-state index in [1.807, 2.05) is 12.1 Å². The number of nitrogens with two attached hydrogens (primary N) is 1. The summed E-state index contributed by atoms with van der Waals surface area (Å²) in [4.78, 5) is 13.4. The molecule has 0 bridgehead atoms. The Bertz CT molecular complexity index is 539. The summed E-state index contributed by atoms with van der Waals surface area (Å²) < 4.78 is 1.25. The number of halogens is 1. The van der Waals surface area contributed by atoms with Crippen LogP contribution in [0.3, 0.4) is 0 Å². The van der Waals surface area contributed by atoms with E-state index >= 15 is 0 Å². The van der Waals surface area contributed by atoms with Crippen LogP contribution in [0.2, 0.25) is 0 Å². The van der Waals surface area contributed by atoms with Gasteiger partial charge in [0.25, 0.3) is 0 Å². The Balaban J connectivity index is 0.00000162. The molecule has 5 heteroatoms. The average Bonchev–Trinajstić information content (AvgIpc) is 2.71. The van der Waals surface area contributed by atoms with Crippen LogP contribution in [0, 0.1) is 0 Å². The summed E-state index contributed by atoms with van der Waals surface area (Å²) in [6, 6.07) is 7.79. The number of fused-ring (bicyclic) bond motifs is 1. The van der Waals surface area contributed by atoms with Crippen LogP contribution >= 0.6 is 23.7 Å². The summed E-state index contributed by atoms with van der Waals surface area (Å²) >= 11 is 1.71. The van der Waals surface area contributed by atoms with E-state index < -0.39 is 6.04 Å². The number of carbonyl (C=O) groups is 1. The zero-order valence-corrected chi connectivity index (χ0v) is 12.1. The van der Waals surface area contributed by atoms with E-state index in [0.717, 1.165) is 0 Å². The van der Waals surface area contributed by atoms with Crippen molar-refractivity contribution < 1.29 is 4.79 Å². The molecule has 0 aliphatic rings. The van der Waals surface area contributed by atoms with Gasteiger partial charge in [-0.15, -0.1) is 23.7 Å². The molecule has 1 aromatic heterocycles. The van der Waals surface area contributed by atoms with E-state index in [4.69, 9.17) is 5.73 Å². The molecule has 3 nitrogen and oxygen atoms in total. The first-order valence-corrected chi connectivity index (χ1v) is 6.43. The smallest absolute Gasteiger partial charge is 0.239 e. The largest absolute Gasteiger partial charge is 0.340 e. The van der Waals surface area contributed by atoms with Crippen molar-refractivity contribution in [3.8, 4) is 0 Å². The third kappa shape index (κ3) is 3.02. The molecule has 0 aliphatic carbocycles. The zero-order valence-electron chi connectivity index (χ0n) is 10.4. The van der Waals surface area contributed by atoms with Crippen LogP contribution in [0.15, 0.2) is 29.6 Å². The summed E-state index contributed by atoms with van der Waals surface area (Å²) in [5.41, 5.74) is 6.77. The van der Waals surface area contributed by atoms with Crippen molar-refractivity contribution in [2.24, 2.45) is 5.73 Å². The first-order chi connectivity index (χ1) is 8.09. The van der Waals surface area contributed by atoms with Crippen molar-refractivity contribution in [2.75, 3.05) is 7.05 Å². The van der Waals surface area contributed by atoms with Crippen LogP contribution in [0.4, 0.5) is 0 Å². The molecule has 0 spiro atoms. The molecule has 2 aromatic rings. The lowest BCUT2D eigenvalue weighted by atomic mass is 10.1. The van der Waals surface area contributed by atoms with Gasteiger partial charge in [-0.2, -0.15) is 0 Å². The maximum atomic E-state index is 11.7. The second-order valence-electron chi connectivity index (χ2n) is 4.24. The van der Waals surface area contributed by atoms with Crippen LogP contribution < -0.4 is 5.73 Å². The highest BCUT2D eigenvalue weighted by Crippen LogP contribution is 2.26. The van der Waals surface area contributed by atoms with E-state index in [2.05, 4.69) is 17.5 Å². The monoisotopic (exact) mass is 284 g/mol. The van der Waals surface area contributed by atoms with Gasteiger partial charge in [0, 0.05) is 18.3 Å². The van der Waals surface area contributed by atoms with Gasteiger partial charge < -0.3 is 10.6 Å². The fourth-order valence-electron chi connectivity index (χ4n) is 1.84. The van der Waals surface area contributed by atoms with Crippen LogP contribution in [0.1, 0.15) is 12.5 Å². The SMILES string of the molecule is C[C@H](N)C(=O)N(C)Cc1csc2ccccc12.Cl. The van der Waals surface area contributed by atoms with Gasteiger partial charge >= 0.3 is 0 Å². The molecule has 0 saturated heterocycles. The Labute approximate surface area is 117 Å². The standard InChI is InChI=1S/C13H16N2OS.ClH/c1-9(14)13(16)15(2)7-10-8-17-12-6-4-3-5-11(10)12;/h3-6,8-9H,7,14H2,1-2H3;1H/t9-;/m0./s1. The molecule has 2 rings (SSSR count). The molecule has 0 saturated carbocycles. The number of amides is 1. The number of thiophene rings is 1. The second-order valence-corrected chi connectivity index (χ2v) is 5.15. The summed E-state index contributed by atoms with van der Waals surface area (Å²) in [6.07, 6.45) is 0. The van der Waals surface area contributed by atoms with Gasteiger partial charge in [-0.05, 0) is 29.3 Å². The Morgan fingerprint density at radius 1 is 1.44 bits per heavy atom. The van der Waals surface area contributed by atoms with Gasteiger partial charge in [0.15, 0.2) is 0 Å². The minimum atomic E-state index is -0.440. The molecule has 1 aromatic carbocycles. The van der Waals surface area contributed by atoms with Gasteiger partial charge in [0.2, 0.25) is 5.91 Å². The summed E-state index contributed by atoms with van der Waals surface area (Å²) in [5.74, 6) is -0.0275. The first kappa shape index (κ1) is 15.0. The lowest BCUT2D eigenvalue weighted by molar-refractivity contribution is -0.131. The number of nitrogens with zero attached hydrogens (tertiary/aromatic N) is 1.